The van der Waals surface area contributed by atoms with Crippen LogP contribution in [0, 0.1) is 6.92 Å². The minimum atomic E-state index is 0.116. The molecule has 4 heteroatoms. The Hall–Kier alpha value is -0.870. The molecule has 0 amide bonds. The molecule has 2 N–H and O–H groups in total. The number of nitrogens with zero attached hydrogens (tertiary/aromatic N) is 2. The van der Waals surface area contributed by atoms with Gasteiger partial charge in [0.05, 0.1) is 10.6 Å². The van der Waals surface area contributed by atoms with Crippen molar-refractivity contribution in [1.29, 1.82) is 0 Å². The Morgan fingerprint density at radius 1 is 1.39 bits per heavy atom. The molecule has 1 saturated heterocycles. The maximum atomic E-state index is 5.89. The number of hydrogen-bond acceptors (Lipinski definition) is 4. The van der Waals surface area contributed by atoms with E-state index in [2.05, 4.69) is 24.8 Å². The highest BCUT2D eigenvalue weighted by Gasteiger charge is 2.16. The summed E-state index contributed by atoms with van der Waals surface area (Å²) in [6.45, 7) is 8.51. The third-order valence-corrected chi connectivity index (χ3v) is 4.69. The van der Waals surface area contributed by atoms with E-state index in [1.54, 1.807) is 11.3 Å². The second-order valence-electron chi connectivity index (χ2n) is 5.17. The lowest BCUT2D eigenvalue weighted by Crippen LogP contribution is -2.29. The molecule has 3 nitrogen and oxygen atoms in total. The quantitative estimate of drug-likeness (QED) is 0.912. The Kier molecular flexibility index (Phi) is 4.40. The van der Waals surface area contributed by atoms with E-state index in [0.717, 1.165) is 18.8 Å². The van der Waals surface area contributed by atoms with Gasteiger partial charge in [0.15, 0.2) is 5.13 Å². The van der Waals surface area contributed by atoms with Gasteiger partial charge in [0.2, 0.25) is 0 Å². The average molecular weight is 265 g/mol. The number of hydrogen-bond donors (Lipinski definition) is 1. The van der Waals surface area contributed by atoms with E-state index in [1.807, 2.05) is 6.92 Å². The van der Waals surface area contributed by atoms with Gasteiger partial charge >= 0.3 is 0 Å². The molecule has 1 aliphatic heterocycles. The Morgan fingerprint density at radius 2 is 2.06 bits per heavy atom. The maximum absolute atomic E-state index is 5.89. The predicted molar refractivity (Wildman–Crippen MR) is 80.2 cm³/mol. The Morgan fingerprint density at radius 3 is 2.67 bits per heavy atom. The minimum absolute atomic E-state index is 0.116. The van der Waals surface area contributed by atoms with Crippen LogP contribution in [0.4, 0.5) is 5.13 Å². The van der Waals surface area contributed by atoms with Crippen molar-refractivity contribution in [3.8, 4) is 0 Å². The van der Waals surface area contributed by atoms with Crippen LogP contribution in [-0.2, 0) is 0 Å². The van der Waals surface area contributed by atoms with Crippen LogP contribution in [0.3, 0.4) is 0 Å². The van der Waals surface area contributed by atoms with Crippen molar-refractivity contribution in [2.45, 2.75) is 46.1 Å². The van der Waals surface area contributed by atoms with Crippen molar-refractivity contribution in [3.63, 3.8) is 0 Å². The van der Waals surface area contributed by atoms with E-state index in [9.17, 15) is 0 Å². The highest BCUT2D eigenvalue weighted by Crippen LogP contribution is 2.29. The molecule has 1 atom stereocenters. The molecule has 1 aromatic heterocycles. The highest BCUT2D eigenvalue weighted by molar-refractivity contribution is 7.16. The van der Waals surface area contributed by atoms with E-state index in [1.165, 1.54) is 34.8 Å². The molecule has 0 aliphatic carbocycles. The molecule has 2 heterocycles. The molecule has 100 valence electrons. The monoisotopic (exact) mass is 265 g/mol. The lowest BCUT2D eigenvalue weighted by molar-refractivity contribution is 0.576. The number of aromatic nitrogens is 1. The summed E-state index contributed by atoms with van der Waals surface area (Å²) in [5.41, 5.74) is 8.23. The van der Waals surface area contributed by atoms with Gasteiger partial charge in [-0.3, -0.25) is 0 Å². The lowest BCUT2D eigenvalue weighted by Gasteiger charge is -2.25. The Bertz CT molecular complexity index is 428. The normalized spacial score (nSPS) is 19.1. The molecule has 1 aliphatic rings. The summed E-state index contributed by atoms with van der Waals surface area (Å²) in [5, 5.41) is 1.18. The van der Waals surface area contributed by atoms with Crippen molar-refractivity contribution in [2.75, 3.05) is 18.0 Å². The zero-order chi connectivity index (χ0) is 13.1. The molecule has 0 aromatic carbocycles. The van der Waals surface area contributed by atoms with Crippen molar-refractivity contribution in [2.24, 2.45) is 5.73 Å². The second-order valence-corrected chi connectivity index (χ2v) is 6.18. The molecule has 0 spiro atoms. The van der Waals surface area contributed by atoms with E-state index in [0.29, 0.717) is 0 Å². The van der Waals surface area contributed by atoms with Gasteiger partial charge in [-0.1, -0.05) is 16.9 Å². The number of aryl methyl sites for hydroxylation is 1. The first-order valence-electron chi connectivity index (χ1n) is 6.74. The molecule has 1 fully saturated rings. The van der Waals surface area contributed by atoms with Crippen LogP contribution in [0.5, 0.6) is 0 Å². The van der Waals surface area contributed by atoms with Gasteiger partial charge in [-0.05, 0) is 46.1 Å². The third-order valence-electron chi connectivity index (χ3n) is 3.52. The maximum Gasteiger partial charge on any atom is 0.186 e. The summed E-state index contributed by atoms with van der Waals surface area (Å²) >= 11 is 1.79. The number of thiazole rings is 1. The molecule has 0 radical (unpaired) electrons. The zero-order valence-corrected chi connectivity index (χ0v) is 12.4. The van der Waals surface area contributed by atoms with Gasteiger partial charge in [0, 0.05) is 19.1 Å². The third kappa shape index (κ3) is 3.12. The van der Waals surface area contributed by atoms with Crippen LogP contribution >= 0.6 is 11.3 Å². The van der Waals surface area contributed by atoms with E-state index < -0.39 is 0 Å². The molecule has 18 heavy (non-hydrogen) atoms. The van der Waals surface area contributed by atoms with Crippen LogP contribution in [0.1, 0.15) is 43.7 Å². The van der Waals surface area contributed by atoms with E-state index in [4.69, 9.17) is 10.7 Å². The summed E-state index contributed by atoms with van der Waals surface area (Å²) in [7, 11) is 0. The molecule has 2 rings (SSSR count). The van der Waals surface area contributed by atoms with Gasteiger partial charge in [-0.2, -0.15) is 0 Å². The number of rotatable bonds is 3. The van der Waals surface area contributed by atoms with Crippen molar-refractivity contribution >= 4 is 22.5 Å². The topological polar surface area (TPSA) is 42.2 Å². The summed E-state index contributed by atoms with van der Waals surface area (Å²) in [4.78, 5) is 8.38. The number of anilines is 1. The van der Waals surface area contributed by atoms with Crippen molar-refractivity contribution in [1.82, 2.24) is 4.98 Å². The van der Waals surface area contributed by atoms with Gasteiger partial charge in [0.25, 0.3) is 0 Å². The van der Waals surface area contributed by atoms with Crippen LogP contribution in [0.2, 0.25) is 0 Å². The summed E-state index contributed by atoms with van der Waals surface area (Å²) < 4.78 is 0. The van der Waals surface area contributed by atoms with E-state index in [-0.39, 0.29) is 6.04 Å². The number of piperidine rings is 1. The zero-order valence-electron chi connectivity index (χ0n) is 11.6. The predicted octanol–water partition coefficient (Wildman–Crippen LogP) is 3.19. The van der Waals surface area contributed by atoms with Gasteiger partial charge in [0.1, 0.15) is 0 Å². The Labute approximate surface area is 114 Å². The summed E-state index contributed by atoms with van der Waals surface area (Å²) in [6, 6.07) is 0.116. The fourth-order valence-electron chi connectivity index (χ4n) is 2.09. The first-order chi connectivity index (χ1) is 8.58. The Balaban J connectivity index is 2.18. The van der Waals surface area contributed by atoms with Crippen LogP contribution in [0.25, 0.3) is 6.08 Å². The first-order valence-corrected chi connectivity index (χ1v) is 7.55. The SMILES string of the molecule is CC(=Cc1sc(N2CCCCC2)nc1C)C(C)N. The smallest absolute Gasteiger partial charge is 0.186 e. The van der Waals surface area contributed by atoms with Gasteiger partial charge in [-0.15, -0.1) is 0 Å². The van der Waals surface area contributed by atoms with E-state index >= 15 is 0 Å². The first kappa shape index (κ1) is 13.6. The van der Waals surface area contributed by atoms with Crippen LogP contribution < -0.4 is 10.6 Å². The fourth-order valence-corrected chi connectivity index (χ4v) is 3.22. The highest BCUT2D eigenvalue weighted by atomic mass is 32.1. The van der Waals surface area contributed by atoms with Crippen molar-refractivity contribution in [3.05, 3.63) is 16.1 Å². The fraction of sp³-hybridized carbons (Fsp3) is 0.643. The molecule has 1 aromatic rings. The number of nitrogens with two attached hydrogens (primary N) is 1. The van der Waals surface area contributed by atoms with Crippen LogP contribution in [0.15, 0.2) is 5.57 Å². The molecule has 1 unspecified atom stereocenters. The lowest BCUT2D eigenvalue weighted by atomic mass is 10.1. The summed E-state index contributed by atoms with van der Waals surface area (Å²) in [5.74, 6) is 0. The molecular weight excluding hydrogens is 242 g/mol. The second kappa shape index (κ2) is 5.85. The largest absolute Gasteiger partial charge is 0.348 e. The standard InChI is InChI=1S/C14H23N3S/c1-10(11(2)15)9-13-12(3)16-14(18-13)17-7-5-4-6-8-17/h9,11H,4-8,15H2,1-3H3. The van der Waals surface area contributed by atoms with Crippen LogP contribution in [-0.4, -0.2) is 24.1 Å². The molecular formula is C14H23N3S. The average Bonchev–Trinajstić information content (AvgIpc) is 2.72. The van der Waals surface area contributed by atoms with Gasteiger partial charge < -0.3 is 10.6 Å². The molecule has 0 bridgehead atoms. The minimum Gasteiger partial charge on any atom is -0.348 e. The molecule has 0 saturated carbocycles. The van der Waals surface area contributed by atoms with Gasteiger partial charge in [-0.25, -0.2) is 4.98 Å². The summed E-state index contributed by atoms with van der Waals surface area (Å²) in [6.07, 6.45) is 6.13. The van der Waals surface area contributed by atoms with Crippen molar-refractivity contribution < 1.29 is 0 Å².